The summed E-state index contributed by atoms with van der Waals surface area (Å²) in [5.41, 5.74) is 0.405. The van der Waals surface area contributed by atoms with Gasteiger partial charge in [0.15, 0.2) is 5.78 Å². The summed E-state index contributed by atoms with van der Waals surface area (Å²) in [4.78, 5) is 11.4. The van der Waals surface area contributed by atoms with Gasteiger partial charge in [-0.25, -0.2) is 0 Å². The van der Waals surface area contributed by atoms with Gasteiger partial charge in [-0.05, 0) is 34.1 Å². The van der Waals surface area contributed by atoms with Crippen molar-refractivity contribution in [1.29, 1.82) is 0 Å². The van der Waals surface area contributed by atoms with Gasteiger partial charge in [-0.2, -0.15) is 0 Å². The molecule has 0 aliphatic heterocycles. The quantitative estimate of drug-likeness (QED) is 0.623. The summed E-state index contributed by atoms with van der Waals surface area (Å²) in [6.45, 7) is 3.41. The van der Waals surface area contributed by atoms with Crippen LogP contribution >= 0.6 is 27.5 Å². The Labute approximate surface area is 95.6 Å². The maximum Gasteiger partial charge on any atom is 0.189 e. The number of hydrogen-bond acceptors (Lipinski definition) is 2. The first-order chi connectivity index (χ1) is 6.60. The van der Waals surface area contributed by atoms with Crippen molar-refractivity contribution in [1.82, 2.24) is 0 Å². The Kier molecular flexibility index (Phi) is 3.72. The van der Waals surface area contributed by atoms with Crippen LogP contribution in [-0.4, -0.2) is 12.9 Å². The third kappa shape index (κ3) is 2.16. The Morgan fingerprint density at radius 3 is 2.79 bits per heavy atom. The van der Waals surface area contributed by atoms with E-state index in [1.807, 2.05) is 0 Å². The predicted octanol–water partition coefficient (Wildman–Crippen LogP) is 3.48. The summed E-state index contributed by atoms with van der Waals surface area (Å²) in [5.74, 6) is 0.254. The fraction of sp³-hybridized carbons (Fsp3) is 0.100. The number of allylic oxidation sites excluding steroid dienone is 1. The van der Waals surface area contributed by atoms with Crippen LogP contribution in [0.25, 0.3) is 0 Å². The molecule has 1 rings (SSSR count). The average Bonchev–Trinajstić information content (AvgIpc) is 2.15. The number of ketones is 1. The van der Waals surface area contributed by atoms with E-state index in [1.54, 1.807) is 12.1 Å². The molecule has 0 aromatic heterocycles. The Bertz CT molecular complexity index is 388. The van der Waals surface area contributed by atoms with Gasteiger partial charge in [-0.3, -0.25) is 4.79 Å². The molecule has 0 unspecified atom stereocenters. The Hall–Kier alpha value is -0.800. The molecule has 0 saturated carbocycles. The van der Waals surface area contributed by atoms with E-state index in [1.165, 1.54) is 13.2 Å². The average molecular weight is 276 g/mol. The van der Waals surface area contributed by atoms with Crippen molar-refractivity contribution < 1.29 is 9.53 Å². The highest BCUT2D eigenvalue weighted by atomic mass is 79.9. The highest BCUT2D eigenvalue weighted by molar-refractivity contribution is 9.10. The van der Waals surface area contributed by atoms with E-state index in [9.17, 15) is 4.79 Å². The molecule has 0 aliphatic rings. The predicted molar refractivity (Wildman–Crippen MR) is 60.2 cm³/mol. The zero-order chi connectivity index (χ0) is 10.7. The molecule has 74 valence electrons. The molecule has 1 aromatic rings. The fourth-order valence-corrected chi connectivity index (χ4v) is 2.03. The van der Waals surface area contributed by atoms with Crippen molar-refractivity contribution in [3.63, 3.8) is 0 Å². The molecule has 1 aromatic carbocycles. The molecular formula is C10H8BrClO2. The zero-order valence-electron chi connectivity index (χ0n) is 7.51. The molecule has 0 aliphatic carbocycles. The van der Waals surface area contributed by atoms with Crippen LogP contribution in [0.5, 0.6) is 5.75 Å². The molecule has 0 atom stereocenters. The van der Waals surface area contributed by atoms with Crippen LogP contribution in [-0.2, 0) is 0 Å². The van der Waals surface area contributed by atoms with Crippen molar-refractivity contribution in [2.75, 3.05) is 7.11 Å². The highest BCUT2D eigenvalue weighted by Gasteiger charge is 2.13. The van der Waals surface area contributed by atoms with Crippen molar-refractivity contribution in [2.24, 2.45) is 0 Å². The second-order valence-electron chi connectivity index (χ2n) is 2.54. The minimum absolute atomic E-state index is 0.218. The number of hydrogen-bond donors (Lipinski definition) is 0. The van der Waals surface area contributed by atoms with Crippen LogP contribution in [0.4, 0.5) is 0 Å². The molecule has 0 fully saturated rings. The van der Waals surface area contributed by atoms with Gasteiger partial charge in [0.05, 0.1) is 17.1 Å². The normalized spacial score (nSPS) is 9.64. The van der Waals surface area contributed by atoms with Crippen LogP contribution in [0.15, 0.2) is 29.3 Å². The first-order valence-electron chi connectivity index (χ1n) is 3.80. The van der Waals surface area contributed by atoms with Gasteiger partial charge in [-0.15, -0.1) is 0 Å². The number of carbonyl (C=O) groups excluding carboxylic acids is 1. The Morgan fingerprint density at radius 2 is 2.29 bits per heavy atom. The minimum Gasteiger partial charge on any atom is -0.495 e. The van der Waals surface area contributed by atoms with E-state index in [2.05, 4.69) is 22.5 Å². The lowest BCUT2D eigenvalue weighted by Crippen LogP contribution is -1.99. The van der Waals surface area contributed by atoms with E-state index in [-0.39, 0.29) is 5.78 Å². The maximum atomic E-state index is 11.4. The van der Waals surface area contributed by atoms with Crippen LogP contribution in [0, 0.1) is 0 Å². The number of benzene rings is 1. The third-order valence-electron chi connectivity index (χ3n) is 1.66. The lowest BCUT2D eigenvalue weighted by molar-refractivity contribution is 0.104. The van der Waals surface area contributed by atoms with E-state index in [0.717, 1.165) is 0 Å². The van der Waals surface area contributed by atoms with Gasteiger partial charge in [0.2, 0.25) is 0 Å². The van der Waals surface area contributed by atoms with E-state index < -0.39 is 0 Å². The second-order valence-corrected chi connectivity index (χ2v) is 3.83. The maximum absolute atomic E-state index is 11.4. The van der Waals surface area contributed by atoms with Crippen LogP contribution < -0.4 is 4.74 Å². The van der Waals surface area contributed by atoms with Gasteiger partial charge < -0.3 is 4.74 Å². The lowest BCUT2D eigenvalue weighted by Gasteiger charge is -2.08. The zero-order valence-corrected chi connectivity index (χ0v) is 9.85. The summed E-state index contributed by atoms with van der Waals surface area (Å²) in [6, 6.07) is 3.22. The SMILES string of the molecule is C=CC(=O)c1cc(Cl)cc(Br)c1OC. The lowest BCUT2D eigenvalue weighted by atomic mass is 10.1. The van der Waals surface area contributed by atoms with Crippen molar-refractivity contribution in [3.05, 3.63) is 39.8 Å². The number of methoxy groups -OCH3 is 1. The van der Waals surface area contributed by atoms with Gasteiger partial charge >= 0.3 is 0 Å². The van der Waals surface area contributed by atoms with E-state index in [0.29, 0.717) is 20.8 Å². The molecule has 0 radical (unpaired) electrons. The molecule has 0 spiro atoms. The monoisotopic (exact) mass is 274 g/mol. The summed E-state index contributed by atoms with van der Waals surface area (Å²) >= 11 is 9.07. The third-order valence-corrected chi connectivity index (χ3v) is 2.47. The Balaban J connectivity index is 3.39. The van der Waals surface area contributed by atoms with Crippen molar-refractivity contribution in [3.8, 4) is 5.75 Å². The molecule has 0 saturated heterocycles. The van der Waals surface area contributed by atoms with Gasteiger partial charge in [0, 0.05) is 5.02 Å². The highest BCUT2D eigenvalue weighted by Crippen LogP contribution is 2.32. The first kappa shape index (κ1) is 11.3. The molecule has 0 N–H and O–H groups in total. The standard InChI is InChI=1S/C10H8BrClO2/c1-3-9(13)7-4-6(12)5-8(11)10(7)14-2/h3-5H,1H2,2H3. The summed E-state index contributed by atoms with van der Waals surface area (Å²) in [6.07, 6.45) is 1.22. The smallest absolute Gasteiger partial charge is 0.189 e. The molecule has 2 nitrogen and oxygen atoms in total. The number of ether oxygens (including phenoxy) is 1. The molecule has 0 amide bonds. The first-order valence-corrected chi connectivity index (χ1v) is 4.97. The van der Waals surface area contributed by atoms with Crippen LogP contribution in [0.3, 0.4) is 0 Å². The number of halogens is 2. The van der Waals surface area contributed by atoms with Crippen molar-refractivity contribution in [2.45, 2.75) is 0 Å². The minimum atomic E-state index is -0.218. The van der Waals surface area contributed by atoms with Gasteiger partial charge in [-0.1, -0.05) is 18.2 Å². The van der Waals surface area contributed by atoms with Gasteiger partial charge in [0.25, 0.3) is 0 Å². The van der Waals surface area contributed by atoms with Gasteiger partial charge in [0.1, 0.15) is 5.75 Å². The van der Waals surface area contributed by atoms with Crippen LogP contribution in [0.1, 0.15) is 10.4 Å². The summed E-state index contributed by atoms with van der Waals surface area (Å²) < 4.78 is 5.73. The second kappa shape index (κ2) is 4.62. The van der Waals surface area contributed by atoms with Crippen LogP contribution in [0.2, 0.25) is 5.02 Å². The number of rotatable bonds is 3. The topological polar surface area (TPSA) is 26.3 Å². The fourth-order valence-electron chi connectivity index (χ4n) is 1.06. The van der Waals surface area contributed by atoms with E-state index >= 15 is 0 Å². The molecule has 0 heterocycles. The molecule has 14 heavy (non-hydrogen) atoms. The number of carbonyl (C=O) groups is 1. The molecular weight excluding hydrogens is 267 g/mol. The van der Waals surface area contributed by atoms with Crippen molar-refractivity contribution >= 4 is 33.3 Å². The Morgan fingerprint density at radius 1 is 1.64 bits per heavy atom. The molecule has 4 heteroatoms. The summed E-state index contributed by atoms with van der Waals surface area (Å²) in [7, 11) is 1.49. The molecule has 0 bridgehead atoms. The largest absolute Gasteiger partial charge is 0.495 e. The van der Waals surface area contributed by atoms with E-state index in [4.69, 9.17) is 16.3 Å². The summed E-state index contributed by atoms with van der Waals surface area (Å²) in [5, 5.41) is 0.475.